The number of aliphatic carboxylic acids is 2. The lowest BCUT2D eigenvalue weighted by Gasteiger charge is -2.05. The summed E-state index contributed by atoms with van der Waals surface area (Å²) in [6, 6.07) is 10.8. The molecule has 6 N–H and O–H groups in total. The van der Waals surface area contributed by atoms with Gasteiger partial charge < -0.3 is 21.7 Å². The average molecular weight is 383 g/mol. The Kier molecular flexibility index (Phi) is 8.71. The van der Waals surface area contributed by atoms with Crippen LogP contribution in [-0.2, 0) is 22.4 Å². The van der Waals surface area contributed by atoms with Gasteiger partial charge in [-0.25, -0.2) is 4.39 Å². The lowest BCUT2D eigenvalue weighted by molar-refractivity contribution is -0.139. The van der Waals surface area contributed by atoms with Gasteiger partial charge in [0, 0.05) is 5.02 Å². The van der Waals surface area contributed by atoms with Crippen LogP contribution in [-0.4, -0.2) is 34.2 Å². The third-order valence-corrected chi connectivity index (χ3v) is 3.62. The fourth-order valence-corrected chi connectivity index (χ4v) is 2.05. The van der Waals surface area contributed by atoms with E-state index in [1.165, 1.54) is 24.3 Å². The van der Waals surface area contributed by atoms with Crippen LogP contribution in [0.1, 0.15) is 11.1 Å². The third kappa shape index (κ3) is 8.06. The molecule has 0 radical (unpaired) electrons. The maximum atomic E-state index is 12.4. The number of carboxylic acids is 2. The molecular formula is C18H20ClFN2O4. The lowest BCUT2D eigenvalue weighted by atomic mass is 10.1. The van der Waals surface area contributed by atoms with E-state index >= 15 is 0 Å². The van der Waals surface area contributed by atoms with Crippen molar-refractivity contribution < 1.29 is 24.2 Å². The molecule has 0 aliphatic carbocycles. The molecule has 0 bridgehead atoms. The second kappa shape index (κ2) is 10.5. The first kappa shape index (κ1) is 21.6. The highest BCUT2D eigenvalue weighted by Gasteiger charge is 2.12. The largest absolute Gasteiger partial charge is 0.480 e. The molecule has 0 unspecified atom stereocenters. The van der Waals surface area contributed by atoms with E-state index in [1.807, 2.05) is 0 Å². The van der Waals surface area contributed by atoms with Gasteiger partial charge in [0.2, 0.25) is 0 Å². The van der Waals surface area contributed by atoms with E-state index < -0.39 is 24.0 Å². The second-order valence-corrected chi connectivity index (χ2v) is 5.99. The van der Waals surface area contributed by atoms with Gasteiger partial charge in [0.15, 0.2) is 0 Å². The minimum Gasteiger partial charge on any atom is -0.480 e. The Morgan fingerprint density at radius 3 is 1.54 bits per heavy atom. The van der Waals surface area contributed by atoms with Crippen LogP contribution in [0.5, 0.6) is 0 Å². The smallest absolute Gasteiger partial charge is 0.320 e. The highest BCUT2D eigenvalue weighted by atomic mass is 35.5. The van der Waals surface area contributed by atoms with Gasteiger partial charge in [-0.05, 0) is 48.2 Å². The summed E-state index contributed by atoms with van der Waals surface area (Å²) >= 11 is 5.66. The van der Waals surface area contributed by atoms with E-state index in [1.54, 1.807) is 24.3 Å². The number of hydrogen-bond acceptors (Lipinski definition) is 4. The molecule has 8 heteroatoms. The van der Waals surface area contributed by atoms with Crippen LogP contribution in [0.15, 0.2) is 48.5 Å². The van der Waals surface area contributed by atoms with E-state index in [-0.39, 0.29) is 12.2 Å². The second-order valence-electron chi connectivity index (χ2n) is 5.55. The Morgan fingerprint density at radius 2 is 1.19 bits per heavy atom. The SMILES string of the molecule is N[C@H](Cc1ccc(Cl)cc1)C(=O)O.N[C@H](Cc1ccc(F)cc1)C(=O)O. The van der Waals surface area contributed by atoms with Crippen LogP contribution >= 0.6 is 11.6 Å². The van der Waals surface area contributed by atoms with Gasteiger partial charge in [0.25, 0.3) is 0 Å². The molecule has 0 aliphatic rings. The number of hydrogen-bond donors (Lipinski definition) is 4. The van der Waals surface area contributed by atoms with E-state index in [9.17, 15) is 14.0 Å². The van der Waals surface area contributed by atoms with Crippen molar-refractivity contribution in [1.82, 2.24) is 0 Å². The molecule has 26 heavy (non-hydrogen) atoms. The predicted octanol–water partition coefficient (Wildman–Crippen LogP) is 2.07. The van der Waals surface area contributed by atoms with Crippen molar-refractivity contribution in [2.45, 2.75) is 24.9 Å². The standard InChI is InChI=1S/C9H10ClNO2.C9H10FNO2/c2*10-7-3-1-6(2-4-7)5-8(11)9(12)13/h2*1-4,8H,5,11H2,(H,12,13)/t2*8-/m11/s1. The molecular weight excluding hydrogens is 363 g/mol. The number of rotatable bonds is 6. The van der Waals surface area contributed by atoms with Crippen molar-refractivity contribution in [3.63, 3.8) is 0 Å². The summed E-state index contributed by atoms with van der Waals surface area (Å²) in [4.78, 5) is 20.8. The van der Waals surface area contributed by atoms with Crippen LogP contribution in [0.25, 0.3) is 0 Å². The van der Waals surface area contributed by atoms with E-state index in [4.69, 9.17) is 33.3 Å². The van der Waals surface area contributed by atoms with Gasteiger partial charge in [0.05, 0.1) is 0 Å². The molecule has 0 saturated carbocycles. The lowest BCUT2D eigenvalue weighted by Crippen LogP contribution is -2.32. The summed E-state index contributed by atoms with van der Waals surface area (Å²) in [6.07, 6.45) is 0.544. The number of halogens is 2. The normalized spacial score (nSPS) is 12.5. The van der Waals surface area contributed by atoms with E-state index in [0.717, 1.165) is 11.1 Å². The molecule has 2 rings (SSSR count). The predicted molar refractivity (Wildman–Crippen MR) is 96.5 cm³/mol. The number of benzene rings is 2. The Balaban J connectivity index is 0.000000260. The molecule has 0 aliphatic heterocycles. The van der Waals surface area contributed by atoms with Crippen molar-refractivity contribution in [1.29, 1.82) is 0 Å². The topological polar surface area (TPSA) is 127 Å². The van der Waals surface area contributed by atoms with Gasteiger partial charge in [-0.3, -0.25) is 9.59 Å². The molecule has 2 atom stereocenters. The summed E-state index contributed by atoms with van der Waals surface area (Å²) in [5.74, 6) is -2.38. The molecule has 6 nitrogen and oxygen atoms in total. The van der Waals surface area contributed by atoms with Crippen molar-refractivity contribution in [3.05, 3.63) is 70.5 Å². The zero-order chi connectivity index (χ0) is 19.7. The maximum Gasteiger partial charge on any atom is 0.320 e. The van der Waals surface area contributed by atoms with Gasteiger partial charge in [-0.2, -0.15) is 0 Å². The van der Waals surface area contributed by atoms with Crippen LogP contribution in [0, 0.1) is 5.82 Å². The van der Waals surface area contributed by atoms with E-state index in [2.05, 4.69) is 0 Å². The summed E-state index contributed by atoms with van der Waals surface area (Å²) in [5, 5.41) is 17.7. The Labute approximate surface area is 155 Å². The summed E-state index contributed by atoms with van der Waals surface area (Å²) in [7, 11) is 0. The third-order valence-electron chi connectivity index (χ3n) is 3.37. The molecule has 0 amide bonds. The van der Waals surface area contributed by atoms with Crippen molar-refractivity contribution in [3.8, 4) is 0 Å². The Hall–Kier alpha value is -2.48. The molecule has 0 spiro atoms. The average Bonchev–Trinajstić information content (AvgIpc) is 2.59. The zero-order valence-corrected chi connectivity index (χ0v) is 14.6. The van der Waals surface area contributed by atoms with Crippen molar-refractivity contribution in [2.75, 3.05) is 0 Å². The first-order valence-corrected chi connectivity index (χ1v) is 8.02. The zero-order valence-electron chi connectivity index (χ0n) is 13.8. The number of nitrogens with two attached hydrogens (primary N) is 2. The highest BCUT2D eigenvalue weighted by molar-refractivity contribution is 6.30. The quantitative estimate of drug-likeness (QED) is 0.605. The van der Waals surface area contributed by atoms with Crippen LogP contribution < -0.4 is 11.5 Å². The molecule has 0 heterocycles. The van der Waals surface area contributed by atoms with E-state index in [0.29, 0.717) is 11.4 Å². The molecule has 0 fully saturated rings. The molecule has 0 saturated heterocycles. The monoisotopic (exact) mass is 382 g/mol. The molecule has 2 aromatic carbocycles. The van der Waals surface area contributed by atoms with Crippen LogP contribution in [0.4, 0.5) is 4.39 Å². The minimum atomic E-state index is -1.05. The van der Waals surface area contributed by atoms with Crippen LogP contribution in [0.3, 0.4) is 0 Å². The number of carbonyl (C=O) groups is 2. The Bertz CT molecular complexity index is 659. The molecule has 140 valence electrons. The number of carboxylic acid groups (broad SMARTS) is 2. The molecule has 2 aromatic rings. The summed E-state index contributed by atoms with van der Waals surface area (Å²) in [5.41, 5.74) is 12.2. The summed E-state index contributed by atoms with van der Waals surface area (Å²) in [6.45, 7) is 0. The van der Waals surface area contributed by atoms with Crippen molar-refractivity contribution in [2.24, 2.45) is 11.5 Å². The summed E-state index contributed by atoms with van der Waals surface area (Å²) < 4.78 is 12.4. The highest BCUT2D eigenvalue weighted by Crippen LogP contribution is 2.10. The minimum absolute atomic E-state index is 0.218. The molecule has 0 aromatic heterocycles. The maximum absolute atomic E-state index is 12.4. The van der Waals surface area contributed by atoms with Crippen molar-refractivity contribution >= 4 is 23.5 Å². The first-order chi connectivity index (χ1) is 12.2. The fourth-order valence-electron chi connectivity index (χ4n) is 1.92. The Morgan fingerprint density at radius 1 is 0.846 bits per heavy atom. The first-order valence-electron chi connectivity index (χ1n) is 7.64. The van der Waals surface area contributed by atoms with Gasteiger partial charge in [-0.1, -0.05) is 35.9 Å². The van der Waals surface area contributed by atoms with Crippen LogP contribution in [0.2, 0.25) is 5.02 Å². The fraction of sp³-hybridized carbons (Fsp3) is 0.222. The van der Waals surface area contributed by atoms with Gasteiger partial charge >= 0.3 is 11.9 Å². The van der Waals surface area contributed by atoms with Gasteiger partial charge in [-0.15, -0.1) is 0 Å². The van der Waals surface area contributed by atoms with Gasteiger partial charge in [0.1, 0.15) is 17.9 Å².